The number of benzene rings is 3. The Kier molecular flexibility index (Phi) is 6.45. The highest BCUT2D eigenvalue weighted by atomic mass is 32.1. The predicted molar refractivity (Wildman–Crippen MR) is 137 cm³/mol. The Morgan fingerprint density at radius 3 is 2.63 bits per heavy atom. The van der Waals surface area contributed by atoms with Crippen molar-refractivity contribution in [2.75, 3.05) is 26.4 Å². The lowest BCUT2D eigenvalue weighted by molar-refractivity contribution is -0.137. The van der Waals surface area contributed by atoms with Crippen molar-refractivity contribution in [2.24, 2.45) is 0 Å². The van der Waals surface area contributed by atoms with Crippen molar-refractivity contribution in [1.29, 1.82) is 0 Å². The van der Waals surface area contributed by atoms with Gasteiger partial charge in [-0.3, -0.25) is 4.79 Å². The Morgan fingerprint density at radius 1 is 1.08 bits per heavy atom. The molecule has 1 aromatic heterocycles. The number of fused-ring (bicyclic) bond motifs is 2. The molecule has 2 aliphatic rings. The smallest absolute Gasteiger partial charge is 0.416 e. The molecule has 196 valence electrons. The first-order valence-electron chi connectivity index (χ1n) is 12.2. The van der Waals surface area contributed by atoms with E-state index in [2.05, 4.69) is 0 Å². The summed E-state index contributed by atoms with van der Waals surface area (Å²) in [6, 6.07) is 16.0. The van der Waals surface area contributed by atoms with Crippen LogP contribution in [0.25, 0.3) is 20.8 Å². The summed E-state index contributed by atoms with van der Waals surface area (Å²) in [5.41, 5.74) is 1.87. The number of aromatic nitrogens is 1. The Labute approximate surface area is 220 Å². The van der Waals surface area contributed by atoms with E-state index < -0.39 is 11.7 Å². The first-order valence-corrected chi connectivity index (χ1v) is 13.0. The van der Waals surface area contributed by atoms with E-state index in [1.165, 1.54) is 12.1 Å². The number of para-hydroxylation sites is 1. The topological polar surface area (TPSA) is 60.9 Å². The van der Waals surface area contributed by atoms with Crippen molar-refractivity contribution in [3.8, 4) is 22.1 Å². The van der Waals surface area contributed by atoms with Crippen LogP contribution in [0.1, 0.15) is 27.9 Å². The quantitative estimate of drug-likeness (QED) is 0.309. The molecule has 0 saturated carbocycles. The van der Waals surface area contributed by atoms with Crippen molar-refractivity contribution >= 4 is 27.5 Å². The van der Waals surface area contributed by atoms with Crippen molar-refractivity contribution in [2.45, 2.75) is 25.2 Å². The lowest BCUT2D eigenvalue weighted by Crippen LogP contribution is -2.32. The molecule has 3 aromatic carbocycles. The highest BCUT2D eigenvalue weighted by Crippen LogP contribution is 2.41. The monoisotopic (exact) mass is 540 g/mol. The van der Waals surface area contributed by atoms with E-state index >= 15 is 0 Å². The Balaban J connectivity index is 1.35. The first kappa shape index (κ1) is 24.7. The summed E-state index contributed by atoms with van der Waals surface area (Å²) < 4.78 is 57.9. The summed E-state index contributed by atoms with van der Waals surface area (Å²) in [5, 5.41) is 0.811. The third-order valence-corrected chi connectivity index (χ3v) is 7.65. The van der Waals surface area contributed by atoms with Gasteiger partial charge in [-0.1, -0.05) is 12.1 Å². The molecule has 6 nitrogen and oxygen atoms in total. The van der Waals surface area contributed by atoms with Crippen molar-refractivity contribution < 1.29 is 32.2 Å². The Bertz CT molecular complexity index is 1450. The van der Waals surface area contributed by atoms with E-state index in [9.17, 15) is 18.0 Å². The molecule has 0 radical (unpaired) electrons. The van der Waals surface area contributed by atoms with Crippen LogP contribution < -0.4 is 9.47 Å². The number of hydrogen-bond acceptors (Lipinski definition) is 6. The SMILES string of the molecule is O=C(c1ccc(C(F)(F)F)cc1)N1CCOc2c(cc(-c3nc4ccccc4s3)cc2OC2CCOC2)C1. The molecule has 1 fully saturated rings. The fourth-order valence-electron chi connectivity index (χ4n) is 4.63. The van der Waals surface area contributed by atoms with Gasteiger partial charge in [0.25, 0.3) is 5.91 Å². The minimum absolute atomic E-state index is 0.110. The number of hydrogen-bond donors (Lipinski definition) is 0. The molecule has 0 aliphatic carbocycles. The van der Waals surface area contributed by atoms with Gasteiger partial charge in [-0.15, -0.1) is 11.3 Å². The number of carbonyl (C=O) groups excluding carboxylic acids is 1. The fourth-order valence-corrected chi connectivity index (χ4v) is 5.59. The molecule has 1 unspecified atom stereocenters. The lowest BCUT2D eigenvalue weighted by Gasteiger charge is -2.21. The van der Waals surface area contributed by atoms with E-state index in [-0.39, 0.29) is 37.3 Å². The van der Waals surface area contributed by atoms with Crippen molar-refractivity contribution in [3.05, 3.63) is 77.4 Å². The van der Waals surface area contributed by atoms with Gasteiger partial charge >= 0.3 is 6.18 Å². The summed E-state index contributed by atoms with van der Waals surface area (Å²) in [5.74, 6) is 0.757. The van der Waals surface area contributed by atoms with Crippen molar-refractivity contribution in [3.63, 3.8) is 0 Å². The summed E-state index contributed by atoms with van der Waals surface area (Å²) in [6.07, 6.45) is -3.81. The third kappa shape index (κ3) is 4.93. The zero-order valence-electron chi connectivity index (χ0n) is 20.2. The molecule has 4 aromatic rings. The second-order valence-electron chi connectivity index (χ2n) is 9.20. The van der Waals surface area contributed by atoms with Gasteiger partial charge in [0.1, 0.15) is 17.7 Å². The number of ether oxygens (including phenoxy) is 3. The molecule has 2 aliphatic heterocycles. The molecule has 10 heteroatoms. The molecule has 3 heterocycles. The number of amides is 1. The van der Waals surface area contributed by atoms with E-state index in [1.54, 1.807) is 16.2 Å². The number of rotatable bonds is 4. The van der Waals surface area contributed by atoms with Gasteiger partial charge in [-0.25, -0.2) is 4.98 Å². The minimum Gasteiger partial charge on any atom is -0.487 e. The van der Waals surface area contributed by atoms with Crippen molar-refractivity contribution in [1.82, 2.24) is 9.88 Å². The van der Waals surface area contributed by atoms with E-state index in [4.69, 9.17) is 19.2 Å². The maximum Gasteiger partial charge on any atom is 0.416 e. The average molecular weight is 541 g/mol. The van der Waals surface area contributed by atoms with Crippen LogP contribution in [0.2, 0.25) is 0 Å². The zero-order valence-corrected chi connectivity index (χ0v) is 21.0. The molecule has 38 heavy (non-hydrogen) atoms. The van der Waals surface area contributed by atoms with Gasteiger partial charge < -0.3 is 19.1 Å². The van der Waals surface area contributed by atoms with Crippen LogP contribution >= 0.6 is 11.3 Å². The summed E-state index contributed by atoms with van der Waals surface area (Å²) in [4.78, 5) is 19.7. The maximum atomic E-state index is 13.3. The molecular formula is C28H23F3N2O4S. The van der Waals surface area contributed by atoms with Gasteiger partial charge in [0, 0.05) is 29.7 Å². The summed E-state index contributed by atoms with van der Waals surface area (Å²) in [7, 11) is 0. The Morgan fingerprint density at radius 2 is 1.89 bits per heavy atom. The van der Waals surface area contributed by atoms with Crippen LogP contribution in [0, 0.1) is 0 Å². The molecule has 1 atom stereocenters. The van der Waals surface area contributed by atoms with Gasteiger partial charge in [-0.05, 0) is 48.5 Å². The lowest BCUT2D eigenvalue weighted by atomic mass is 10.1. The first-order chi connectivity index (χ1) is 18.3. The minimum atomic E-state index is -4.46. The van der Waals surface area contributed by atoms with E-state index in [1.807, 2.05) is 36.4 Å². The third-order valence-electron chi connectivity index (χ3n) is 6.57. The summed E-state index contributed by atoms with van der Waals surface area (Å²) in [6.45, 7) is 1.82. The number of alkyl halides is 3. The number of nitrogens with zero attached hydrogens (tertiary/aromatic N) is 2. The van der Waals surface area contributed by atoms with Crippen LogP contribution in [0.3, 0.4) is 0 Å². The van der Waals surface area contributed by atoms with Crippen LogP contribution in [-0.2, 0) is 17.5 Å². The largest absolute Gasteiger partial charge is 0.487 e. The summed E-state index contributed by atoms with van der Waals surface area (Å²) >= 11 is 1.56. The van der Waals surface area contributed by atoms with Gasteiger partial charge in [-0.2, -0.15) is 13.2 Å². The standard InChI is InChI=1S/C28H23F3N2O4S/c29-28(30,31)20-7-5-17(6-8-20)27(34)33-10-12-36-25-19(15-33)13-18(14-23(25)37-21-9-11-35-16-21)26-32-22-3-1-2-4-24(22)38-26/h1-8,13-14,21H,9-12,15-16H2. The molecule has 0 spiro atoms. The van der Waals surface area contributed by atoms with Crippen LogP contribution in [0.5, 0.6) is 11.5 Å². The molecular weight excluding hydrogens is 517 g/mol. The maximum absolute atomic E-state index is 13.3. The van der Waals surface area contributed by atoms with E-state index in [0.29, 0.717) is 24.7 Å². The van der Waals surface area contributed by atoms with Crippen LogP contribution in [0.4, 0.5) is 13.2 Å². The average Bonchev–Trinajstić information content (AvgIpc) is 3.53. The second-order valence-corrected chi connectivity index (χ2v) is 10.2. The van der Waals surface area contributed by atoms with Crippen LogP contribution in [0.15, 0.2) is 60.7 Å². The fraction of sp³-hybridized carbons (Fsp3) is 0.286. The molecule has 6 rings (SSSR count). The number of halogens is 3. The number of carbonyl (C=O) groups is 1. The molecule has 0 bridgehead atoms. The zero-order chi connectivity index (χ0) is 26.3. The van der Waals surface area contributed by atoms with Gasteiger partial charge in [0.05, 0.1) is 35.5 Å². The van der Waals surface area contributed by atoms with Crippen LogP contribution in [-0.4, -0.2) is 48.3 Å². The van der Waals surface area contributed by atoms with E-state index in [0.717, 1.165) is 44.9 Å². The van der Waals surface area contributed by atoms with Gasteiger partial charge in [0.2, 0.25) is 0 Å². The highest BCUT2D eigenvalue weighted by Gasteiger charge is 2.31. The molecule has 1 saturated heterocycles. The molecule has 1 amide bonds. The second kappa shape index (κ2) is 9.92. The highest BCUT2D eigenvalue weighted by molar-refractivity contribution is 7.21. The normalized spacial score (nSPS) is 17.7. The van der Waals surface area contributed by atoms with Gasteiger partial charge in [0.15, 0.2) is 11.5 Å². The predicted octanol–water partition coefficient (Wildman–Crippen LogP) is 6.18. The molecule has 0 N–H and O–H groups in total. The number of thiazole rings is 1. The Hall–Kier alpha value is -3.63.